The van der Waals surface area contributed by atoms with Crippen LogP contribution >= 0.6 is 0 Å². The van der Waals surface area contributed by atoms with Crippen molar-refractivity contribution in [1.82, 2.24) is 0 Å². The van der Waals surface area contributed by atoms with Crippen LogP contribution < -0.4 is 9.47 Å². The molecule has 132 valence electrons. The van der Waals surface area contributed by atoms with Crippen molar-refractivity contribution in [2.45, 2.75) is 39.0 Å². The number of halogens is 3. The maximum atomic E-state index is 13.4. The molecular weight excluding hydrogens is 329 g/mol. The van der Waals surface area contributed by atoms with Crippen LogP contribution in [0.25, 0.3) is 6.08 Å². The van der Waals surface area contributed by atoms with Crippen LogP contribution in [0.3, 0.4) is 0 Å². The average Bonchev–Trinajstić information content (AvgIpc) is 2.56. The molecule has 1 aliphatic heterocycles. The average molecular weight is 348 g/mol. The first-order chi connectivity index (χ1) is 11.7. The van der Waals surface area contributed by atoms with E-state index in [1.807, 2.05) is 32.0 Å². The Hall–Kier alpha value is -2.43. The van der Waals surface area contributed by atoms with Crippen LogP contribution in [0, 0.1) is 13.8 Å². The second-order valence-electron chi connectivity index (χ2n) is 6.25. The maximum absolute atomic E-state index is 13.4. The van der Waals surface area contributed by atoms with Gasteiger partial charge in [-0.2, -0.15) is 13.2 Å². The molecule has 0 aromatic heterocycles. The number of benzene rings is 2. The summed E-state index contributed by atoms with van der Waals surface area (Å²) in [5, 5.41) is 0. The molecule has 1 heterocycles. The minimum absolute atomic E-state index is 0.171. The minimum atomic E-state index is -4.49. The van der Waals surface area contributed by atoms with Crippen molar-refractivity contribution in [1.29, 1.82) is 0 Å². The van der Waals surface area contributed by atoms with Crippen molar-refractivity contribution in [3.63, 3.8) is 0 Å². The van der Waals surface area contributed by atoms with E-state index in [9.17, 15) is 13.2 Å². The van der Waals surface area contributed by atoms with E-state index in [2.05, 4.69) is 0 Å². The highest BCUT2D eigenvalue weighted by Gasteiger charge is 2.55. The number of ether oxygens (including phenoxy) is 2. The van der Waals surface area contributed by atoms with Crippen molar-refractivity contribution in [2.75, 3.05) is 0 Å². The van der Waals surface area contributed by atoms with Gasteiger partial charge in [-0.25, -0.2) is 0 Å². The van der Waals surface area contributed by atoms with Gasteiger partial charge in [-0.1, -0.05) is 25.1 Å². The van der Waals surface area contributed by atoms with E-state index in [1.165, 1.54) is 19.1 Å². The van der Waals surface area contributed by atoms with Crippen molar-refractivity contribution in [2.24, 2.45) is 0 Å². The third-order valence-electron chi connectivity index (χ3n) is 4.39. The lowest BCUT2D eigenvalue weighted by molar-refractivity contribution is -0.230. The number of hydrogen-bond donors (Lipinski definition) is 0. The van der Waals surface area contributed by atoms with Gasteiger partial charge in [0, 0.05) is 11.6 Å². The number of fused-ring (bicyclic) bond motifs is 1. The first-order valence-electron chi connectivity index (χ1n) is 8.08. The van der Waals surface area contributed by atoms with Crippen LogP contribution in [-0.4, -0.2) is 11.8 Å². The Kier molecular flexibility index (Phi) is 4.27. The summed E-state index contributed by atoms with van der Waals surface area (Å²) in [4.78, 5) is 0. The fourth-order valence-electron chi connectivity index (χ4n) is 2.75. The summed E-state index contributed by atoms with van der Waals surface area (Å²) in [5.74, 6) is 1.28. The van der Waals surface area contributed by atoms with Crippen LogP contribution in [-0.2, 0) is 0 Å². The van der Waals surface area contributed by atoms with Crippen LogP contribution in [0.15, 0.2) is 42.5 Å². The molecule has 0 saturated heterocycles. The third-order valence-corrected chi connectivity index (χ3v) is 4.39. The largest absolute Gasteiger partial charge is 0.473 e. The summed E-state index contributed by atoms with van der Waals surface area (Å²) in [6.45, 7) is 5.32. The second kappa shape index (κ2) is 6.14. The molecule has 0 bridgehead atoms. The topological polar surface area (TPSA) is 18.5 Å². The summed E-state index contributed by atoms with van der Waals surface area (Å²) < 4.78 is 51.5. The SMILES string of the molecule is CCC1(C(F)(F)F)C=Cc2ccc(Oc3cc(C)ccc3C)cc2O1. The summed E-state index contributed by atoms with van der Waals surface area (Å²) in [6.07, 6.45) is -2.15. The lowest BCUT2D eigenvalue weighted by Crippen LogP contribution is -2.49. The lowest BCUT2D eigenvalue weighted by atomic mass is 9.95. The predicted octanol–water partition coefficient (Wildman–Crippen LogP) is 6.21. The smallest absolute Gasteiger partial charge is 0.432 e. The molecule has 1 atom stereocenters. The number of alkyl halides is 3. The van der Waals surface area contributed by atoms with Crippen LogP contribution in [0.5, 0.6) is 17.2 Å². The van der Waals surface area contributed by atoms with Gasteiger partial charge in [0.1, 0.15) is 17.2 Å². The Labute approximate surface area is 144 Å². The Bertz CT molecular complexity index is 824. The minimum Gasteiger partial charge on any atom is -0.473 e. The molecule has 3 rings (SSSR count). The molecule has 1 aliphatic rings. The molecule has 2 nitrogen and oxygen atoms in total. The van der Waals surface area contributed by atoms with E-state index >= 15 is 0 Å². The highest BCUT2D eigenvalue weighted by atomic mass is 19.4. The van der Waals surface area contributed by atoms with Gasteiger partial charge in [-0.3, -0.25) is 0 Å². The quantitative estimate of drug-likeness (QED) is 0.656. The molecule has 2 aromatic rings. The van der Waals surface area contributed by atoms with E-state index in [0.29, 0.717) is 17.1 Å². The Morgan fingerprint density at radius 3 is 2.52 bits per heavy atom. The maximum Gasteiger partial charge on any atom is 0.432 e. The summed E-state index contributed by atoms with van der Waals surface area (Å²) in [5.41, 5.74) is 0.293. The van der Waals surface area contributed by atoms with E-state index in [4.69, 9.17) is 9.47 Å². The zero-order chi connectivity index (χ0) is 18.2. The van der Waals surface area contributed by atoms with Gasteiger partial charge in [0.15, 0.2) is 0 Å². The van der Waals surface area contributed by atoms with Crippen LogP contribution in [0.4, 0.5) is 13.2 Å². The monoisotopic (exact) mass is 348 g/mol. The number of aryl methyl sites for hydroxylation is 2. The van der Waals surface area contributed by atoms with Gasteiger partial charge in [-0.15, -0.1) is 0 Å². The molecule has 0 spiro atoms. The highest BCUT2D eigenvalue weighted by Crippen LogP contribution is 2.44. The summed E-state index contributed by atoms with van der Waals surface area (Å²) >= 11 is 0. The second-order valence-corrected chi connectivity index (χ2v) is 6.25. The third kappa shape index (κ3) is 3.23. The van der Waals surface area contributed by atoms with Crippen molar-refractivity contribution < 1.29 is 22.6 Å². The van der Waals surface area contributed by atoms with E-state index in [0.717, 1.165) is 17.2 Å². The predicted molar refractivity (Wildman–Crippen MR) is 91.2 cm³/mol. The normalized spacial score (nSPS) is 19.3. The van der Waals surface area contributed by atoms with Gasteiger partial charge < -0.3 is 9.47 Å². The molecule has 5 heteroatoms. The zero-order valence-corrected chi connectivity index (χ0v) is 14.3. The number of rotatable bonds is 3. The van der Waals surface area contributed by atoms with Crippen molar-refractivity contribution >= 4 is 6.08 Å². The number of hydrogen-bond acceptors (Lipinski definition) is 2. The molecule has 2 aromatic carbocycles. The fraction of sp³-hybridized carbons (Fsp3) is 0.300. The van der Waals surface area contributed by atoms with E-state index in [1.54, 1.807) is 12.1 Å². The molecule has 0 radical (unpaired) electrons. The molecule has 0 N–H and O–H groups in total. The molecule has 25 heavy (non-hydrogen) atoms. The van der Waals surface area contributed by atoms with Crippen LogP contribution in [0.2, 0.25) is 0 Å². The van der Waals surface area contributed by atoms with Crippen molar-refractivity contribution in [3.05, 3.63) is 59.2 Å². The molecular formula is C20H19F3O2. The Balaban J connectivity index is 1.93. The van der Waals surface area contributed by atoms with Crippen LogP contribution in [0.1, 0.15) is 30.0 Å². The van der Waals surface area contributed by atoms with Gasteiger partial charge in [-0.05, 0) is 55.7 Å². The fourth-order valence-corrected chi connectivity index (χ4v) is 2.75. The summed E-state index contributed by atoms with van der Waals surface area (Å²) in [7, 11) is 0. The first kappa shape index (κ1) is 17.4. The molecule has 1 unspecified atom stereocenters. The lowest BCUT2D eigenvalue weighted by Gasteiger charge is -2.35. The van der Waals surface area contributed by atoms with Crippen molar-refractivity contribution in [3.8, 4) is 17.2 Å². The molecule has 0 saturated carbocycles. The summed E-state index contributed by atoms with van der Waals surface area (Å²) in [6, 6.07) is 10.7. The Morgan fingerprint density at radius 1 is 1.08 bits per heavy atom. The first-order valence-corrected chi connectivity index (χ1v) is 8.08. The van der Waals surface area contributed by atoms with Gasteiger partial charge >= 0.3 is 6.18 Å². The van der Waals surface area contributed by atoms with E-state index < -0.39 is 11.8 Å². The molecule has 0 aliphatic carbocycles. The highest BCUT2D eigenvalue weighted by molar-refractivity contribution is 5.63. The molecule has 0 fully saturated rings. The molecule has 0 amide bonds. The zero-order valence-electron chi connectivity index (χ0n) is 14.3. The van der Waals surface area contributed by atoms with Gasteiger partial charge in [0.05, 0.1) is 0 Å². The van der Waals surface area contributed by atoms with Gasteiger partial charge in [0.25, 0.3) is 0 Å². The standard InChI is InChI=1S/C20H19F3O2/c1-4-19(20(21,22)23)10-9-15-7-8-16(12-18(15)25-19)24-17-11-13(2)5-6-14(17)3/h5-12H,4H2,1-3H3. The Morgan fingerprint density at radius 2 is 1.84 bits per heavy atom. The van der Waals surface area contributed by atoms with Gasteiger partial charge in [0.2, 0.25) is 5.60 Å². The van der Waals surface area contributed by atoms with E-state index in [-0.39, 0.29) is 12.2 Å².